The highest BCUT2D eigenvalue weighted by Crippen LogP contribution is 2.43. The van der Waals surface area contributed by atoms with Crippen molar-refractivity contribution in [2.24, 2.45) is 11.8 Å². The van der Waals surface area contributed by atoms with Gasteiger partial charge in [0.1, 0.15) is 5.82 Å². The molecule has 9 heteroatoms. The summed E-state index contributed by atoms with van der Waals surface area (Å²) in [5.41, 5.74) is 0.746. The predicted molar refractivity (Wildman–Crippen MR) is 102 cm³/mol. The lowest BCUT2D eigenvalue weighted by atomic mass is 9.86. The normalized spacial score (nSPS) is 25.3. The molecule has 2 aromatic heterocycles. The highest BCUT2D eigenvalue weighted by Gasteiger charge is 2.50. The molecule has 2 fully saturated rings. The topological polar surface area (TPSA) is 81.9 Å². The van der Waals surface area contributed by atoms with Crippen LogP contribution in [0, 0.1) is 17.7 Å². The van der Waals surface area contributed by atoms with Crippen molar-refractivity contribution in [2.75, 3.05) is 0 Å². The second-order valence-electron chi connectivity index (χ2n) is 7.30. The number of nitrogens with zero attached hydrogens (tertiary/aromatic N) is 4. The first kappa shape index (κ1) is 18.2. The lowest BCUT2D eigenvalue weighted by Crippen LogP contribution is -2.45. The molecule has 1 saturated carbocycles. The molecule has 0 amide bonds. The maximum absolute atomic E-state index is 14.0. The summed E-state index contributed by atoms with van der Waals surface area (Å²) in [4.78, 5) is 18.9. The molecule has 1 unspecified atom stereocenters. The molecule has 0 spiro atoms. The number of carbonyl (C=O) groups excluding carboxylic acids is 1. The van der Waals surface area contributed by atoms with Gasteiger partial charge in [0.2, 0.25) is 5.88 Å². The summed E-state index contributed by atoms with van der Waals surface area (Å²) >= 11 is 5.87. The zero-order valence-corrected chi connectivity index (χ0v) is 16.0. The van der Waals surface area contributed by atoms with Crippen LogP contribution in [0.2, 0.25) is 5.02 Å². The van der Waals surface area contributed by atoms with Crippen LogP contribution in [-0.4, -0.2) is 38.0 Å². The molecule has 2 bridgehead atoms. The average Bonchev–Trinajstić information content (AvgIpc) is 3.46. The molecule has 3 aromatic rings. The van der Waals surface area contributed by atoms with Crippen LogP contribution in [0.5, 0.6) is 5.88 Å². The number of piperidine rings is 1. The third-order valence-corrected chi connectivity index (χ3v) is 5.77. The maximum Gasteiger partial charge on any atom is 0.214 e. The van der Waals surface area contributed by atoms with E-state index < -0.39 is 5.82 Å². The van der Waals surface area contributed by atoms with Crippen LogP contribution < -0.4 is 10.1 Å². The van der Waals surface area contributed by atoms with E-state index in [9.17, 15) is 9.18 Å². The van der Waals surface area contributed by atoms with Crippen LogP contribution in [0.3, 0.4) is 0 Å². The molecule has 29 heavy (non-hydrogen) atoms. The summed E-state index contributed by atoms with van der Waals surface area (Å²) in [5.74, 6) is -0.466. The number of Topliss-reactive ketones (excluding diaryl/α,β-unsaturated/α-hetero) is 1. The van der Waals surface area contributed by atoms with Crippen molar-refractivity contribution in [3.8, 4) is 11.6 Å². The number of pyridine rings is 1. The van der Waals surface area contributed by atoms with Gasteiger partial charge in [-0.15, -0.1) is 0 Å². The van der Waals surface area contributed by atoms with E-state index in [-0.39, 0.29) is 35.5 Å². The minimum atomic E-state index is -0.469. The van der Waals surface area contributed by atoms with Gasteiger partial charge in [0.25, 0.3) is 0 Å². The molecule has 148 valence electrons. The number of nitrogens with one attached hydrogen (secondary N) is 1. The Hall–Kier alpha value is -2.84. The molecule has 1 aromatic carbocycles. The fraction of sp³-hybridized carbons (Fsp3) is 0.300. The monoisotopic (exact) mass is 413 g/mol. The highest BCUT2D eigenvalue weighted by molar-refractivity contribution is 6.30. The standard InChI is InChI=1S/C20H17ClFN5O2/c21-11-1-4-18(23-10-11)29-20-15-9-13(26-20)8-14(15)19(28)16-7-12(22)2-3-17(16)27-24-5-6-25-27/h1-7,10,13-15,20,26H,8-9H2/t13-,14?,15-,20-/m1/s1. The number of ketones is 1. The number of fused-ring (bicyclic) bond motifs is 2. The van der Waals surface area contributed by atoms with Crippen LogP contribution in [-0.2, 0) is 0 Å². The van der Waals surface area contributed by atoms with Crippen LogP contribution >= 0.6 is 11.6 Å². The van der Waals surface area contributed by atoms with Gasteiger partial charge in [0, 0.05) is 35.7 Å². The van der Waals surface area contributed by atoms with Crippen molar-refractivity contribution in [1.29, 1.82) is 0 Å². The summed E-state index contributed by atoms with van der Waals surface area (Å²) in [6.45, 7) is 0. The van der Waals surface area contributed by atoms with E-state index in [1.54, 1.807) is 12.1 Å². The Morgan fingerprint density at radius 3 is 2.76 bits per heavy atom. The lowest BCUT2D eigenvalue weighted by Gasteiger charge is -2.29. The van der Waals surface area contributed by atoms with Crippen molar-refractivity contribution in [3.05, 3.63) is 65.3 Å². The molecule has 1 saturated heterocycles. The molecule has 2 aliphatic rings. The molecule has 1 aliphatic heterocycles. The molecule has 3 heterocycles. The summed E-state index contributed by atoms with van der Waals surface area (Å²) < 4.78 is 19.9. The number of hydrogen-bond acceptors (Lipinski definition) is 6. The Morgan fingerprint density at radius 1 is 1.21 bits per heavy atom. The number of rotatable bonds is 5. The van der Waals surface area contributed by atoms with E-state index in [0.717, 1.165) is 6.42 Å². The van der Waals surface area contributed by atoms with Gasteiger partial charge in [0.15, 0.2) is 12.0 Å². The molecule has 1 N–H and O–H groups in total. The fourth-order valence-corrected chi connectivity index (χ4v) is 4.41. The van der Waals surface area contributed by atoms with Crippen molar-refractivity contribution in [1.82, 2.24) is 25.3 Å². The molecule has 1 aliphatic carbocycles. The Balaban J connectivity index is 1.41. The minimum absolute atomic E-state index is 0.0355. The van der Waals surface area contributed by atoms with E-state index in [1.165, 1.54) is 41.6 Å². The van der Waals surface area contributed by atoms with Gasteiger partial charge in [-0.05, 0) is 37.1 Å². The molecule has 4 atom stereocenters. The van der Waals surface area contributed by atoms with Crippen molar-refractivity contribution in [3.63, 3.8) is 0 Å². The molecule has 7 nitrogen and oxygen atoms in total. The summed E-state index contributed by atoms with van der Waals surface area (Å²) in [6, 6.07) is 7.66. The van der Waals surface area contributed by atoms with Crippen LogP contribution in [0.4, 0.5) is 4.39 Å². The summed E-state index contributed by atoms with van der Waals surface area (Å²) in [6.07, 6.45) is 5.71. The summed E-state index contributed by atoms with van der Waals surface area (Å²) in [5, 5.41) is 12.1. The van der Waals surface area contributed by atoms with Crippen LogP contribution in [0.25, 0.3) is 5.69 Å². The number of aromatic nitrogens is 4. The Morgan fingerprint density at radius 2 is 2.03 bits per heavy atom. The third kappa shape index (κ3) is 3.38. The first-order chi connectivity index (χ1) is 14.1. The smallest absolute Gasteiger partial charge is 0.214 e. The fourth-order valence-electron chi connectivity index (χ4n) is 4.30. The molecular weight excluding hydrogens is 397 g/mol. The summed E-state index contributed by atoms with van der Waals surface area (Å²) in [7, 11) is 0. The van der Waals surface area contributed by atoms with Gasteiger partial charge in [-0.3, -0.25) is 10.1 Å². The van der Waals surface area contributed by atoms with Crippen molar-refractivity contribution >= 4 is 17.4 Å². The number of hydrogen-bond donors (Lipinski definition) is 1. The van der Waals surface area contributed by atoms with Gasteiger partial charge < -0.3 is 4.74 Å². The second-order valence-corrected chi connectivity index (χ2v) is 7.74. The SMILES string of the molecule is O=C(c1cc(F)ccc1-n1nccn1)C1C[C@@H]2C[C@H]1[C@@H](Oc1ccc(Cl)cn1)N2. The number of carbonyl (C=O) groups is 1. The van der Waals surface area contributed by atoms with Crippen molar-refractivity contribution < 1.29 is 13.9 Å². The number of benzene rings is 1. The van der Waals surface area contributed by atoms with E-state index in [4.69, 9.17) is 16.3 Å². The van der Waals surface area contributed by atoms with E-state index in [1.807, 2.05) is 0 Å². The zero-order chi connectivity index (χ0) is 20.0. The van der Waals surface area contributed by atoms with Gasteiger partial charge in [0.05, 0.1) is 23.1 Å². The van der Waals surface area contributed by atoms with Gasteiger partial charge >= 0.3 is 0 Å². The van der Waals surface area contributed by atoms with E-state index in [2.05, 4.69) is 20.5 Å². The Bertz CT molecular complexity index is 1040. The van der Waals surface area contributed by atoms with E-state index >= 15 is 0 Å². The quantitative estimate of drug-likeness (QED) is 0.647. The van der Waals surface area contributed by atoms with E-state index in [0.29, 0.717) is 23.0 Å². The van der Waals surface area contributed by atoms with Crippen LogP contribution in [0.1, 0.15) is 23.2 Å². The predicted octanol–water partition coefficient (Wildman–Crippen LogP) is 3.04. The van der Waals surface area contributed by atoms with Gasteiger partial charge in [-0.2, -0.15) is 15.0 Å². The highest BCUT2D eigenvalue weighted by atomic mass is 35.5. The lowest BCUT2D eigenvalue weighted by molar-refractivity contribution is 0.0611. The second kappa shape index (κ2) is 7.20. The number of halogens is 2. The van der Waals surface area contributed by atoms with Crippen molar-refractivity contribution in [2.45, 2.75) is 25.1 Å². The van der Waals surface area contributed by atoms with Gasteiger partial charge in [-0.1, -0.05) is 11.6 Å². The molecular formula is C20H17ClFN5O2. The first-order valence-electron chi connectivity index (χ1n) is 9.33. The first-order valence-corrected chi connectivity index (χ1v) is 9.71. The van der Waals surface area contributed by atoms with Gasteiger partial charge in [-0.25, -0.2) is 9.37 Å². The molecule has 5 rings (SSSR count). The van der Waals surface area contributed by atoms with Crippen LogP contribution in [0.15, 0.2) is 48.9 Å². The maximum atomic E-state index is 14.0. The average molecular weight is 414 g/mol. The largest absolute Gasteiger partial charge is 0.458 e. The Labute approximate surface area is 170 Å². The zero-order valence-electron chi connectivity index (χ0n) is 15.2. The minimum Gasteiger partial charge on any atom is -0.458 e. The Kier molecular flexibility index (Phi) is 4.52. The molecule has 0 radical (unpaired) electrons. The number of ether oxygens (including phenoxy) is 1. The third-order valence-electron chi connectivity index (χ3n) is 5.54.